The smallest absolute Gasteiger partial charge is 0.255 e. The van der Waals surface area contributed by atoms with Crippen LogP contribution in [0.4, 0.5) is 5.95 Å². The third-order valence-corrected chi connectivity index (χ3v) is 6.28. The molecule has 0 amide bonds. The van der Waals surface area contributed by atoms with Crippen LogP contribution < -0.4 is 20.5 Å². The van der Waals surface area contributed by atoms with Crippen molar-refractivity contribution in [3.05, 3.63) is 95.0 Å². The number of nitrogens with one attached hydrogen (secondary N) is 1. The second kappa shape index (κ2) is 12.0. The molecule has 1 saturated heterocycles. The lowest BCUT2D eigenvalue weighted by molar-refractivity contribution is 0.415. The molecule has 4 aromatic rings. The number of aromatic nitrogens is 3. The number of ether oxygens (including phenoxy) is 1. The van der Waals surface area contributed by atoms with Crippen molar-refractivity contribution < 1.29 is 4.74 Å². The molecule has 188 valence electrons. The minimum absolute atomic E-state index is 0. The second-order valence-corrected chi connectivity index (χ2v) is 8.38. The first-order chi connectivity index (χ1) is 16.6. The molecular weight excluding hydrogens is 497 g/mol. The lowest BCUT2D eigenvalue weighted by Crippen LogP contribution is -2.47. The summed E-state index contributed by atoms with van der Waals surface area (Å²) >= 11 is 0. The van der Waals surface area contributed by atoms with Crippen molar-refractivity contribution in [2.75, 3.05) is 31.6 Å². The van der Waals surface area contributed by atoms with Crippen LogP contribution in [0.2, 0.25) is 0 Å². The number of hydrogen-bond acceptors (Lipinski definition) is 6. The van der Waals surface area contributed by atoms with Gasteiger partial charge in [0.2, 0.25) is 5.95 Å². The standard InChI is InChI=1S/C27H27N5O2.2ClH/c1-31-26(33)17-24(22-11-13-28-14-12-22)30-27(31)32-16-15-29-25(18-32)21-5-3-19(4-6-21)20-7-9-23(34-2)10-8-20;;/h3-14,17,25,29H,15-16,18H2,1-2H3;2*1H/t25-;;/m1../s1. The number of anilines is 1. The summed E-state index contributed by atoms with van der Waals surface area (Å²) in [5.41, 5.74) is 4.99. The van der Waals surface area contributed by atoms with Gasteiger partial charge in [0, 0.05) is 56.7 Å². The first kappa shape index (κ1) is 27.2. The number of benzene rings is 2. The molecule has 0 bridgehead atoms. The Morgan fingerprint density at radius 1 is 0.917 bits per heavy atom. The molecule has 0 aliphatic carbocycles. The number of methoxy groups -OCH3 is 1. The zero-order valence-corrected chi connectivity index (χ0v) is 21.8. The summed E-state index contributed by atoms with van der Waals surface area (Å²) < 4.78 is 6.88. The van der Waals surface area contributed by atoms with Gasteiger partial charge in [0.15, 0.2) is 0 Å². The highest BCUT2D eigenvalue weighted by Gasteiger charge is 2.24. The van der Waals surface area contributed by atoms with Gasteiger partial charge in [-0.1, -0.05) is 36.4 Å². The largest absolute Gasteiger partial charge is 0.497 e. The van der Waals surface area contributed by atoms with Gasteiger partial charge < -0.3 is 15.0 Å². The maximum absolute atomic E-state index is 12.7. The zero-order valence-electron chi connectivity index (χ0n) is 20.1. The lowest BCUT2D eigenvalue weighted by Gasteiger charge is -2.35. The SMILES string of the molecule is COc1ccc(-c2ccc([C@H]3CN(c4nc(-c5ccncc5)cc(=O)n4C)CCN3)cc2)cc1.Cl.Cl. The third-order valence-electron chi connectivity index (χ3n) is 6.28. The van der Waals surface area contributed by atoms with Crippen molar-refractivity contribution in [3.63, 3.8) is 0 Å². The number of piperazine rings is 1. The molecule has 1 N–H and O–H groups in total. The molecule has 0 saturated carbocycles. The number of hydrogen-bond donors (Lipinski definition) is 1. The van der Waals surface area contributed by atoms with E-state index >= 15 is 0 Å². The summed E-state index contributed by atoms with van der Waals surface area (Å²) in [6.45, 7) is 2.31. The summed E-state index contributed by atoms with van der Waals surface area (Å²) in [4.78, 5) is 23.8. The molecule has 1 atom stereocenters. The van der Waals surface area contributed by atoms with Gasteiger partial charge in [-0.25, -0.2) is 4.98 Å². The van der Waals surface area contributed by atoms with Crippen LogP contribution in [0.3, 0.4) is 0 Å². The maximum atomic E-state index is 12.7. The average Bonchev–Trinajstić information content (AvgIpc) is 2.91. The molecule has 3 heterocycles. The molecule has 0 spiro atoms. The minimum atomic E-state index is -0.0734. The van der Waals surface area contributed by atoms with Crippen molar-refractivity contribution >= 4 is 30.8 Å². The van der Waals surface area contributed by atoms with E-state index in [1.54, 1.807) is 37.2 Å². The fourth-order valence-electron chi connectivity index (χ4n) is 4.33. The second-order valence-electron chi connectivity index (χ2n) is 8.38. The highest BCUT2D eigenvalue weighted by Crippen LogP contribution is 2.26. The quantitative estimate of drug-likeness (QED) is 0.413. The van der Waals surface area contributed by atoms with Gasteiger partial charge in [-0.15, -0.1) is 24.8 Å². The van der Waals surface area contributed by atoms with Crippen molar-refractivity contribution in [1.29, 1.82) is 0 Å². The summed E-state index contributed by atoms with van der Waals surface area (Å²) in [6.07, 6.45) is 3.43. The van der Waals surface area contributed by atoms with Gasteiger partial charge in [-0.05, 0) is 41.0 Å². The van der Waals surface area contributed by atoms with E-state index in [0.717, 1.165) is 42.1 Å². The van der Waals surface area contributed by atoms with Crippen LogP contribution in [0.15, 0.2) is 83.9 Å². The number of halogens is 2. The molecule has 1 aliphatic heterocycles. The van der Waals surface area contributed by atoms with Gasteiger partial charge in [0.05, 0.1) is 12.8 Å². The minimum Gasteiger partial charge on any atom is -0.497 e. The van der Waals surface area contributed by atoms with Crippen LogP contribution in [-0.2, 0) is 7.05 Å². The normalized spacial score (nSPS) is 14.9. The summed E-state index contributed by atoms with van der Waals surface area (Å²) in [5.74, 6) is 1.53. The van der Waals surface area contributed by atoms with Crippen molar-refractivity contribution in [3.8, 4) is 28.1 Å². The highest BCUT2D eigenvalue weighted by atomic mass is 35.5. The highest BCUT2D eigenvalue weighted by molar-refractivity contribution is 5.85. The van der Waals surface area contributed by atoms with E-state index in [0.29, 0.717) is 11.6 Å². The fraction of sp³-hybridized carbons (Fsp3) is 0.222. The van der Waals surface area contributed by atoms with Crippen LogP contribution in [-0.4, -0.2) is 41.3 Å². The first-order valence-corrected chi connectivity index (χ1v) is 11.3. The Hall–Kier alpha value is -3.39. The van der Waals surface area contributed by atoms with Crippen LogP contribution >= 0.6 is 24.8 Å². The summed E-state index contributed by atoms with van der Waals surface area (Å²) in [7, 11) is 3.45. The van der Waals surface area contributed by atoms with Crippen molar-refractivity contribution in [1.82, 2.24) is 19.9 Å². The van der Waals surface area contributed by atoms with Gasteiger partial charge in [-0.2, -0.15) is 0 Å². The molecule has 0 radical (unpaired) electrons. The predicted molar refractivity (Wildman–Crippen MR) is 149 cm³/mol. The molecule has 2 aromatic heterocycles. The van der Waals surface area contributed by atoms with Gasteiger partial charge in [-0.3, -0.25) is 14.3 Å². The van der Waals surface area contributed by atoms with Crippen LogP contribution in [0.25, 0.3) is 22.4 Å². The summed E-state index contributed by atoms with van der Waals surface area (Å²) in [5, 5.41) is 3.61. The molecule has 9 heteroatoms. The zero-order chi connectivity index (χ0) is 23.5. The van der Waals surface area contributed by atoms with E-state index in [-0.39, 0.29) is 36.4 Å². The maximum Gasteiger partial charge on any atom is 0.255 e. The molecule has 1 aliphatic rings. The van der Waals surface area contributed by atoms with Crippen molar-refractivity contribution in [2.24, 2.45) is 7.05 Å². The number of rotatable bonds is 5. The lowest BCUT2D eigenvalue weighted by atomic mass is 9.99. The molecular formula is C27H29Cl2N5O2. The number of nitrogens with zero attached hydrogens (tertiary/aromatic N) is 4. The molecule has 7 nitrogen and oxygen atoms in total. The van der Waals surface area contributed by atoms with E-state index in [1.807, 2.05) is 24.3 Å². The van der Waals surface area contributed by atoms with E-state index in [9.17, 15) is 4.79 Å². The Labute approximate surface area is 223 Å². The fourth-order valence-corrected chi connectivity index (χ4v) is 4.33. The van der Waals surface area contributed by atoms with Crippen molar-refractivity contribution in [2.45, 2.75) is 6.04 Å². The van der Waals surface area contributed by atoms with Crippen LogP contribution in [0.1, 0.15) is 11.6 Å². The monoisotopic (exact) mass is 525 g/mol. The van der Waals surface area contributed by atoms with E-state index in [1.165, 1.54) is 5.56 Å². The van der Waals surface area contributed by atoms with E-state index in [2.05, 4.69) is 51.6 Å². The predicted octanol–water partition coefficient (Wildman–Crippen LogP) is 4.51. The van der Waals surface area contributed by atoms with Gasteiger partial charge in [0.25, 0.3) is 5.56 Å². The first-order valence-electron chi connectivity index (χ1n) is 11.3. The van der Waals surface area contributed by atoms with Crippen LogP contribution in [0.5, 0.6) is 5.75 Å². The van der Waals surface area contributed by atoms with Gasteiger partial charge >= 0.3 is 0 Å². The molecule has 2 aromatic carbocycles. The topological polar surface area (TPSA) is 72.3 Å². The Balaban J connectivity index is 0.00000180. The summed E-state index contributed by atoms with van der Waals surface area (Å²) in [6, 6.07) is 22.2. The Kier molecular flexibility index (Phi) is 9.09. The molecule has 5 rings (SSSR count). The third kappa shape index (κ3) is 5.70. The Bertz CT molecular complexity index is 1330. The molecule has 1 fully saturated rings. The molecule has 36 heavy (non-hydrogen) atoms. The van der Waals surface area contributed by atoms with E-state index < -0.39 is 0 Å². The molecule has 0 unspecified atom stereocenters. The Morgan fingerprint density at radius 2 is 1.56 bits per heavy atom. The van der Waals surface area contributed by atoms with Gasteiger partial charge in [0.1, 0.15) is 5.75 Å². The Morgan fingerprint density at radius 3 is 2.19 bits per heavy atom. The van der Waals surface area contributed by atoms with E-state index in [4.69, 9.17) is 9.72 Å². The number of pyridine rings is 1. The average molecular weight is 526 g/mol. The van der Waals surface area contributed by atoms with Crippen LogP contribution in [0, 0.1) is 0 Å².